The number of nitrogens with one attached hydrogen (secondary N) is 2. The van der Waals surface area contributed by atoms with Crippen molar-refractivity contribution < 1.29 is 16.8 Å². The van der Waals surface area contributed by atoms with Gasteiger partial charge in [-0.2, -0.15) is 0 Å². The summed E-state index contributed by atoms with van der Waals surface area (Å²) in [6.45, 7) is 1.75. The maximum Gasteiger partial charge on any atom is 0.240 e. The number of hydrogen-bond donors (Lipinski definition) is 2. The van der Waals surface area contributed by atoms with E-state index in [1.807, 2.05) is 0 Å². The van der Waals surface area contributed by atoms with Crippen molar-refractivity contribution >= 4 is 25.5 Å². The lowest BCUT2D eigenvalue weighted by Gasteiger charge is -2.14. The molecule has 0 aliphatic carbocycles. The van der Waals surface area contributed by atoms with Crippen LogP contribution in [0.5, 0.6) is 0 Å². The van der Waals surface area contributed by atoms with Crippen molar-refractivity contribution in [2.75, 3.05) is 24.4 Å². The van der Waals surface area contributed by atoms with Crippen LogP contribution in [0.25, 0.3) is 0 Å². The Morgan fingerprint density at radius 2 is 1.63 bits per heavy atom. The lowest BCUT2D eigenvalue weighted by Crippen LogP contribution is -2.25. The van der Waals surface area contributed by atoms with Crippen molar-refractivity contribution in [1.82, 2.24) is 4.72 Å². The predicted molar refractivity (Wildman–Crippen MR) is 75.5 cm³/mol. The number of benzene rings is 1. The first-order valence-electron chi connectivity index (χ1n) is 5.62. The third-order valence-corrected chi connectivity index (χ3v) is 4.93. The highest BCUT2D eigenvalue weighted by Crippen LogP contribution is 2.14. The maximum absolute atomic E-state index is 11.5. The minimum absolute atomic E-state index is 0.0174. The number of anilines is 1. The van der Waals surface area contributed by atoms with Crippen molar-refractivity contribution in [2.24, 2.45) is 0 Å². The van der Waals surface area contributed by atoms with Gasteiger partial charge in [0, 0.05) is 18.0 Å². The van der Waals surface area contributed by atoms with Crippen LogP contribution in [0.4, 0.5) is 5.69 Å². The molecule has 0 aliphatic rings. The molecule has 0 bridgehead atoms. The third-order valence-electron chi connectivity index (χ3n) is 2.40. The van der Waals surface area contributed by atoms with Gasteiger partial charge in [-0.3, -0.25) is 0 Å². The molecule has 19 heavy (non-hydrogen) atoms. The molecule has 0 aliphatic heterocycles. The summed E-state index contributed by atoms with van der Waals surface area (Å²) in [4.78, 5) is 0.163. The molecule has 0 amide bonds. The van der Waals surface area contributed by atoms with Gasteiger partial charge < -0.3 is 5.32 Å². The summed E-state index contributed by atoms with van der Waals surface area (Å²) >= 11 is 0. The quantitative estimate of drug-likeness (QED) is 0.795. The van der Waals surface area contributed by atoms with E-state index in [1.165, 1.54) is 25.4 Å². The highest BCUT2D eigenvalue weighted by Gasteiger charge is 2.12. The second-order valence-electron chi connectivity index (χ2n) is 4.37. The number of hydrogen-bond acceptors (Lipinski definition) is 5. The average molecular weight is 306 g/mol. The van der Waals surface area contributed by atoms with Gasteiger partial charge in [-0.1, -0.05) is 0 Å². The Balaban J connectivity index is 2.78. The molecule has 2 N–H and O–H groups in total. The predicted octanol–water partition coefficient (Wildman–Crippen LogP) is 0.440. The number of sulfone groups is 1. The molecule has 1 rings (SSSR count). The minimum Gasteiger partial charge on any atom is -0.382 e. The summed E-state index contributed by atoms with van der Waals surface area (Å²) in [7, 11) is -5.15. The molecule has 0 heterocycles. The zero-order valence-electron chi connectivity index (χ0n) is 11.0. The zero-order chi connectivity index (χ0) is 14.7. The Kier molecular flexibility index (Phi) is 4.94. The van der Waals surface area contributed by atoms with Gasteiger partial charge in [0.05, 0.1) is 10.6 Å². The fraction of sp³-hybridized carbons (Fsp3) is 0.455. The molecular formula is C11H18N2O4S2. The van der Waals surface area contributed by atoms with Gasteiger partial charge in [0.1, 0.15) is 9.84 Å². The van der Waals surface area contributed by atoms with Crippen LogP contribution in [0.3, 0.4) is 0 Å². The van der Waals surface area contributed by atoms with Crippen LogP contribution in [-0.2, 0) is 19.9 Å². The van der Waals surface area contributed by atoms with Crippen LogP contribution >= 0.6 is 0 Å². The molecule has 0 saturated carbocycles. The molecule has 0 spiro atoms. The van der Waals surface area contributed by atoms with Gasteiger partial charge >= 0.3 is 0 Å². The molecule has 8 heteroatoms. The van der Waals surface area contributed by atoms with E-state index in [0.29, 0.717) is 5.69 Å². The molecule has 1 aromatic carbocycles. The Bertz CT molecular complexity index is 621. The normalized spacial score (nSPS) is 14.1. The minimum atomic E-state index is -3.45. The topological polar surface area (TPSA) is 92.3 Å². The molecule has 6 nitrogen and oxygen atoms in total. The summed E-state index contributed by atoms with van der Waals surface area (Å²) in [5.41, 5.74) is 0.672. The van der Waals surface area contributed by atoms with Gasteiger partial charge in [0.15, 0.2) is 0 Å². The zero-order valence-corrected chi connectivity index (χ0v) is 12.7. The molecule has 0 fully saturated rings. The number of rotatable bonds is 6. The van der Waals surface area contributed by atoms with Gasteiger partial charge in [0.25, 0.3) is 0 Å². The van der Waals surface area contributed by atoms with Crippen molar-refractivity contribution in [1.29, 1.82) is 0 Å². The summed E-state index contributed by atoms with van der Waals surface area (Å²) in [5.74, 6) is 0.0174. The van der Waals surface area contributed by atoms with E-state index < -0.39 is 19.9 Å². The van der Waals surface area contributed by atoms with Crippen LogP contribution in [0.1, 0.15) is 6.92 Å². The van der Waals surface area contributed by atoms with E-state index in [9.17, 15) is 16.8 Å². The SMILES string of the molecule is CNS(=O)(=O)c1ccc(NC(C)CS(C)(=O)=O)cc1. The molecular weight excluding hydrogens is 288 g/mol. The second kappa shape index (κ2) is 5.89. The van der Waals surface area contributed by atoms with E-state index in [-0.39, 0.29) is 16.7 Å². The fourth-order valence-corrected chi connectivity index (χ4v) is 3.35. The van der Waals surface area contributed by atoms with Crippen molar-refractivity contribution in [2.45, 2.75) is 17.9 Å². The first-order chi connectivity index (χ1) is 8.64. The summed E-state index contributed by atoms with van der Waals surface area (Å²) < 4.78 is 47.5. The monoisotopic (exact) mass is 306 g/mol. The van der Waals surface area contributed by atoms with E-state index in [4.69, 9.17) is 0 Å². The lowest BCUT2D eigenvalue weighted by molar-refractivity contribution is 0.588. The molecule has 1 unspecified atom stereocenters. The van der Waals surface area contributed by atoms with Crippen LogP contribution in [0, 0.1) is 0 Å². The summed E-state index contributed by atoms with van der Waals surface area (Å²) in [6.07, 6.45) is 1.17. The first-order valence-corrected chi connectivity index (χ1v) is 9.16. The van der Waals surface area contributed by atoms with Gasteiger partial charge in [-0.05, 0) is 38.2 Å². The van der Waals surface area contributed by atoms with Crippen LogP contribution in [0.2, 0.25) is 0 Å². The Morgan fingerprint density at radius 3 is 2.05 bits per heavy atom. The van der Waals surface area contributed by atoms with Crippen molar-refractivity contribution in [3.8, 4) is 0 Å². The summed E-state index contributed by atoms with van der Waals surface area (Å²) in [5, 5.41) is 3.00. The van der Waals surface area contributed by atoms with Gasteiger partial charge in [-0.15, -0.1) is 0 Å². The third kappa shape index (κ3) is 5.17. The smallest absolute Gasteiger partial charge is 0.240 e. The Hall–Kier alpha value is -1.12. The summed E-state index contributed by atoms with van der Waals surface area (Å²) in [6, 6.07) is 5.87. The van der Waals surface area contributed by atoms with E-state index >= 15 is 0 Å². The second-order valence-corrected chi connectivity index (χ2v) is 8.44. The van der Waals surface area contributed by atoms with E-state index in [0.717, 1.165) is 0 Å². The molecule has 0 saturated heterocycles. The van der Waals surface area contributed by atoms with Crippen molar-refractivity contribution in [3.05, 3.63) is 24.3 Å². The van der Waals surface area contributed by atoms with Crippen LogP contribution in [0.15, 0.2) is 29.2 Å². The lowest BCUT2D eigenvalue weighted by atomic mass is 10.3. The van der Waals surface area contributed by atoms with Crippen LogP contribution < -0.4 is 10.0 Å². The molecule has 1 atom stereocenters. The van der Waals surface area contributed by atoms with E-state index in [1.54, 1.807) is 19.1 Å². The number of sulfonamides is 1. The Labute approximate surface area is 114 Å². The highest BCUT2D eigenvalue weighted by atomic mass is 32.2. The molecule has 108 valence electrons. The van der Waals surface area contributed by atoms with Crippen molar-refractivity contribution in [3.63, 3.8) is 0 Å². The van der Waals surface area contributed by atoms with Gasteiger partial charge in [-0.25, -0.2) is 21.6 Å². The molecule has 0 radical (unpaired) electrons. The first kappa shape index (κ1) is 15.9. The molecule has 1 aromatic rings. The van der Waals surface area contributed by atoms with Crippen LogP contribution in [-0.4, -0.2) is 41.9 Å². The standard InChI is InChI=1S/C11H18N2O4S2/c1-9(8-18(3,14)15)13-10-4-6-11(7-5-10)19(16,17)12-2/h4-7,9,12-13H,8H2,1-3H3. The fourth-order valence-electron chi connectivity index (χ4n) is 1.63. The van der Waals surface area contributed by atoms with E-state index in [2.05, 4.69) is 10.0 Å². The van der Waals surface area contributed by atoms with Gasteiger partial charge in [0.2, 0.25) is 10.0 Å². The largest absolute Gasteiger partial charge is 0.382 e. The molecule has 0 aromatic heterocycles. The maximum atomic E-state index is 11.5. The average Bonchev–Trinajstić information content (AvgIpc) is 2.27. The highest BCUT2D eigenvalue weighted by molar-refractivity contribution is 7.90. The Morgan fingerprint density at radius 1 is 1.11 bits per heavy atom.